The van der Waals surface area contributed by atoms with E-state index < -0.39 is 0 Å². The van der Waals surface area contributed by atoms with Crippen molar-refractivity contribution in [2.75, 3.05) is 31.1 Å². The molecule has 1 heterocycles. The van der Waals surface area contributed by atoms with Gasteiger partial charge in [-0.15, -0.1) is 0 Å². The van der Waals surface area contributed by atoms with Crippen LogP contribution in [0, 0.1) is 5.92 Å². The Morgan fingerprint density at radius 2 is 1.59 bits per heavy atom. The van der Waals surface area contributed by atoms with Gasteiger partial charge in [0, 0.05) is 65.7 Å². The number of anilines is 2. The third-order valence-electron chi connectivity index (χ3n) is 7.84. The highest BCUT2D eigenvalue weighted by atomic mass is 16.5. The van der Waals surface area contributed by atoms with Crippen molar-refractivity contribution in [3.63, 3.8) is 0 Å². The van der Waals surface area contributed by atoms with Crippen LogP contribution < -0.4 is 4.90 Å². The molecule has 1 amide bonds. The predicted molar refractivity (Wildman–Crippen MR) is 178 cm³/mol. The summed E-state index contributed by atoms with van der Waals surface area (Å²) in [7, 11) is 0. The van der Waals surface area contributed by atoms with E-state index in [0.29, 0.717) is 56.1 Å². The topological polar surface area (TPSA) is 71.8 Å². The minimum Gasteiger partial charge on any atom is -0.466 e. The average molecular weight is 596 g/mol. The number of nitrogens with zero attached hydrogens (tertiary/aromatic N) is 3. The lowest BCUT2D eigenvalue weighted by Crippen LogP contribution is -2.38. The Kier molecular flexibility index (Phi) is 11.4. The molecule has 0 radical (unpaired) electrons. The summed E-state index contributed by atoms with van der Waals surface area (Å²) in [5.74, 6) is 0.279. The zero-order valence-electron chi connectivity index (χ0n) is 26.7. The lowest BCUT2D eigenvalue weighted by atomic mass is 10.0. The molecule has 0 N–H and O–H groups in total. The molecule has 0 aliphatic heterocycles. The minimum absolute atomic E-state index is 0.0314. The first-order valence-corrected chi connectivity index (χ1v) is 15.8. The molecule has 4 rings (SSSR count). The molecule has 4 aromatic rings. The van der Waals surface area contributed by atoms with E-state index in [2.05, 4.69) is 38.1 Å². The lowest BCUT2D eigenvalue weighted by Gasteiger charge is -2.28. The van der Waals surface area contributed by atoms with Gasteiger partial charge in [-0.3, -0.25) is 14.4 Å². The third-order valence-corrected chi connectivity index (χ3v) is 7.84. The third kappa shape index (κ3) is 7.95. The highest BCUT2D eigenvalue weighted by molar-refractivity contribution is 6.16. The van der Waals surface area contributed by atoms with Crippen LogP contribution in [-0.2, 0) is 27.3 Å². The average Bonchev–Trinajstić information content (AvgIpc) is 3.39. The van der Waals surface area contributed by atoms with Crippen LogP contribution in [0.4, 0.5) is 11.4 Å². The molecule has 0 spiro atoms. The van der Waals surface area contributed by atoms with Crippen molar-refractivity contribution in [2.45, 2.75) is 60.4 Å². The highest BCUT2D eigenvalue weighted by Gasteiger charge is 2.21. The van der Waals surface area contributed by atoms with Crippen molar-refractivity contribution in [3.05, 3.63) is 95.7 Å². The first-order chi connectivity index (χ1) is 21.2. The fourth-order valence-electron chi connectivity index (χ4n) is 5.64. The second-order valence-electron chi connectivity index (χ2n) is 11.5. The highest BCUT2D eigenvalue weighted by Crippen LogP contribution is 2.30. The van der Waals surface area contributed by atoms with Gasteiger partial charge in [-0.2, -0.15) is 0 Å². The molecule has 0 unspecified atom stereocenters. The molecule has 0 aliphatic rings. The van der Waals surface area contributed by atoms with Gasteiger partial charge in [-0.05, 0) is 75.4 Å². The zero-order chi connectivity index (χ0) is 31.6. The van der Waals surface area contributed by atoms with E-state index in [1.165, 1.54) is 5.56 Å². The van der Waals surface area contributed by atoms with E-state index >= 15 is 0 Å². The summed E-state index contributed by atoms with van der Waals surface area (Å²) in [5.41, 5.74) is 5.04. The van der Waals surface area contributed by atoms with E-state index in [9.17, 15) is 14.4 Å². The quantitative estimate of drug-likeness (QED) is 0.106. The fourth-order valence-corrected chi connectivity index (χ4v) is 5.64. The number of aromatic nitrogens is 1. The number of carbonyl (C=O) groups excluding carboxylic acids is 3. The molecule has 7 heteroatoms. The van der Waals surface area contributed by atoms with Crippen LogP contribution >= 0.6 is 0 Å². The van der Waals surface area contributed by atoms with Crippen LogP contribution in [-0.4, -0.2) is 53.4 Å². The number of hydrogen-bond donors (Lipinski definition) is 0. The Balaban J connectivity index is 1.66. The molecule has 232 valence electrons. The van der Waals surface area contributed by atoms with Crippen molar-refractivity contribution in [3.8, 4) is 0 Å². The first-order valence-electron chi connectivity index (χ1n) is 15.8. The maximum Gasteiger partial charge on any atom is 0.305 e. The van der Waals surface area contributed by atoms with E-state index in [-0.39, 0.29) is 24.2 Å². The van der Waals surface area contributed by atoms with E-state index in [0.717, 1.165) is 28.7 Å². The number of ketones is 1. The molecule has 0 fully saturated rings. The van der Waals surface area contributed by atoms with Crippen LogP contribution in [0.15, 0.2) is 79.0 Å². The van der Waals surface area contributed by atoms with Crippen molar-refractivity contribution in [2.24, 2.45) is 5.92 Å². The molecule has 0 saturated carbocycles. The largest absolute Gasteiger partial charge is 0.466 e. The molecule has 3 aromatic carbocycles. The summed E-state index contributed by atoms with van der Waals surface area (Å²) in [6, 6.07) is 23.7. The van der Waals surface area contributed by atoms with Crippen LogP contribution in [0.2, 0.25) is 0 Å². The van der Waals surface area contributed by atoms with Gasteiger partial charge in [0.15, 0.2) is 5.78 Å². The van der Waals surface area contributed by atoms with Gasteiger partial charge in [0.05, 0.1) is 6.61 Å². The molecule has 0 bridgehead atoms. The number of ether oxygens (including phenoxy) is 1. The van der Waals surface area contributed by atoms with Gasteiger partial charge in [0.2, 0.25) is 5.91 Å². The molecular formula is C37H45N3O4. The van der Waals surface area contributed by atoms with Gasteiger partial charge < -0.3 is 19.1 Å². The van der Waals surface area contributed by atoms with Crippen LogP contribution in [0.1, 0.15) is 68.9 Å². The van der Waals surface area contributed by atoms with Gasteiger partial charge in [0.1, 0.15) is 6.54 Å². The molecule has 7 nitrogen and oxygen atoms in total. The number of fused-ring (bicyclic) bond motifs is 1. The number of likely N-dealkylation sites (N-methyl/N-ethyl adjacent to an activating group) is 1. The van der Waals surface area contributed by atoms with Gasteiger partial charge >= 0.3 is 5.97 Å². The summed E-state index contributed by atoms with van der Waals surface area (Å²) in [6.07, 6.45) is 3.82. The number of esters is 1. The predicted octanol–water partition coefficient (Wildman–Crippen LogP) is 7.42. The Labute approximate surface area is 261 Å². The molecule has 0 saturated heterocycles. The second kappa shape index (κ2) is 15.4. The first kappa shape index (κ1) is 32.5. The maximum atomic E-state index is 14.0. The Morgan fingerprint density at radius 1 is 0.864 bits per heavy atom. The van der Waals surface area contributed by atoms with Crippen LogP contribution in [0.5, 0.6) is 0 Å². The van der Waals surface area contributed by atoms with Gasteiger partial charge in [-0.1, -0.05) is 56.3 Å². The number of hydrogen-bond acceptors (Lipinski definition) is 5. The number of benzene rings is 3. The second-order valence-corrected chi connectivity index (χ2v) is 11.5. The fraction of sp³-hybridized carbons (Fsp3) is 0.378. The molecule has 0 atom stereocenters. The number of aryl methyl sites for hydroxylation is 1. The summed E-state index contributed by atoms with van der Waals surface area (Å²) >= 11 is 0. The van der Waals surface area contributed by atoms with E-state index in [1.807, 2.05) is 82.9 Å². The van der Waals surface area contributed by atoms with Crippen molar-refractivity contribution in [1.29, 1.82) is 0 Å². The van der Waals surface area contributed by atoms with Crippen LogP contribution in [0.3, 0.4) is 0 Å². The molecule has 1 aromatic heterocycles. The molecular weight excluding hydrogens is 550 g/mol. The summed E-state index contributed by atoms with van der Waals surface area (Å²) in [6.45, 7) is 12.6. The van der Waals surface area contributed by atoms with Gasteiger partial charge in [-0.25, -0.2) is 0 Å². The maximum absolute atomic E-state index is 14.0. The van der Waals surface area contributed by atoms with Crippen molar-refractivity contribution < 1.29 is 19.1 Å². The van der Waals surface area contributed by atoms with E-state index in [4.69, 9.17) is 4.74 Å². The standard InChI is InChI=1S/C37H45N3O4/c1-6-38(7-2)35(41)26-40(30-20-18-28(19-21-30)23-27(4)5)31-14-11-13-29(24-31)37(43)33-25-39(22-12-17-36(42)44-8-3)34-16-10-9-15-32(33)34/h9-11,13-16,18-21,24-25,27H,6-8,12,17,22-23,26H2,1-5H3. The lowest BCUT2D eigenvalue weighted by molar-refractivity contribution is -0.143. The Bertz CT molecular complexity index is 1570. The van der Waals surface area contributed by atoms with Crippen molar-refractivity contribution in [1.82, 2.24) is 9.47 Å². The smallest absolute Gasteiger partial charge is 0.305 e. The Hall–Kier alpha value is -4.39. The number of rotatable bonds is 15. The number of carbonyl (C=O) groups is 3. The molecule has 44 heavy (non-hydrogen) atoms. The van der Waals surface area contributed by atoms with E-state index in [1.54, 1.807) is 6.92 Å². The summed E-state index contributed by atoms with van der Waals surface area (Å²) < 4.78 is 7.11. The monoisotopic (exact) mass is 595 g/mol. The summed E-state index contributed by atoms with van der Waals surface area (Å²) in [5, 5.41) is 0.869. The SMILES string of the molecule is CCOC(=O)CCCn1cc(C(=O)c2cccc(N(CC(=O)N(CC)CC)c3ccc(CC(C)C)cc3)c2)c2ccccc21. The van der Waals surface area contributed by atoms with Gasteiger partial charge in [0.25, 0.3) is 0 Å². The summed E-state index contributed by atoms with van der Waals surface area (Å²) in [4.78, 5) is 43.0. The Morgan fingerprint density at radius 3 is 2.27 bits per heavy atom. The van der Waals surface area contributed by atoms with Crippen molar-refractivity contribution >= 4 is 39.9 Å². The number of amides is 1. The number of para-hydroxylation sites is 1. The minimum atomic E-state index is -0.212. The normalized spacial score (nSPS) is 11.1. The molecule has 0 aliphatic carbocycles. The van der Waals surface area contributed by atoms with Crippen LogP contribution in [0.25, 0.3) is 10.9 Å². The zero-order valence-corrected chi connectivity index (χ0v) is 26.7.